The first-order valence-corrected chi connectivity index (χ1v) is 8.17. The molecule has 26 heavy (non-hydrogen) atoms. The van der Waals surface area contributed by atoms with E-state index in [2.05, 4.69) is 20.6 Å². The summed E-state index contributed by atoms with van der Waals surface area (Å²) in [7, 11) is 0. The van der Waals surface area contributed by atoms with Gasteiger partial charge in [-0.25, -0.2) is 9.97 Å². The summed E-state index contributed by atoms with van der Waals surface area (Å²) in [5.41, 5.74) is 3.74. The van der Waals surface area contributed by atoms with E-state index in [1.54, 1.807) is 0 Å². The van der Waals surface area contributed by atoms with Gasteiger partial charge in [0.25, 0.3) is 0 Å². The molecule has 138 valence electrons. The predicted octanol–water partition coefficient (Wildman–Crippen LogP) is 2.47. The molecule has 1 fully saturated rings. The van der Waals surface area contributed by atoms with Gasteiger partial charge in [-0.2, -0.15) is 13.2 Å². The lowest BCUT2D eigenvalue weighted by Gasteiger charge is -2.24. The zero-order chi connectivity index (χ0) is 18.7. The standard InChI is InChI=1S/C17H18F3N5O/c18-17(19,20)12-5-6-13(24-10-3-1-7-22-9-10)25-14(12)15(26)11-4-2-8-23-16(11)21/h2,4-6,8,10,22H,1,3,7,9H2,(H2,21,23)(H,24,25). The molecule has 6 nitrogen and oxygen atoms in total. The third-order valence-electron chi connectivity index (χ3n) is 4.15. The van der Waals surface area contributed by atoms with Crippen LogP contribution in [0, 0.1) is 0 Å². The van der Waals surface area contributed by atoms with Crippen molar-refractivity contribution in [2.24, 2.45) is 0 Å². The van der Waals surface area contributed by atoms with Crippen molar-refractivity contribution in [2.45, 2.75) is 25.1 Å². The van der Waals surface area contributed by atoms with Gasteiger partial charge in [0.1, 0.15) is 17.3 Å². The number of nitrogens with one attached hydrogen (secondary N) is 2. The molecule has 0 bridgehead atoms. The number of hydrogen-bond donors (Lipinski definition) is 3. The molecule has 1 atom stereocenters. The number of ketones is 1. The Kier molecular flexibility index (Phi) is 5.08. The molecule has 2 aromatic rings. The van der Waals surface area contributed by atoms with Gasteiger partial charge >= 0.3 is 6.18 Å². The summed E-state index contributed by atoms with van der Waals surface area (Å²) < 4.78 is 40.0. The number of nitrogens with two attached hydrogens (primary N) is 1. The number of pyridine rings is 2. The smallest absolute Gasteiger partial charge is 0.383 e. The van der Waals surface area contributed by atoms with Crippen molar-refractivity contribution < 1.29 is 18.0 Å². The van der Waals surface area contributed by atoms with Crippen LogP contribution in [0.15, 0.2) is 30.5 Å². The second-order valence-corrected chi connectivity index (χ2v) is 6.04. The lowest BCUT2D eigenvalue weighted by atomic mass is 10.0. The maximum absolute atomic E-state index is 13.3. The van der Waals surface area contributed by atoms with E-state index in [9.17, 15) is 18.0 Å². The Hall–Kier alpha value is -2.68. The van der Waals surface area contributed by atoms with E-state index < -0.39 is 23.2 Å². The highest BCUT2D eigenvalue weighted by atomic mass is 19.4. The van der Waals surface area contributed by atoms with Crippen molar-refractivity contribution in [1.82, 2.24) is 15.3 Å². The number of nitrogens with zero attached hydrogens (tertiary/aromatic N) is 2. The third-order valence-corrected chi connectivity index (χ3v) is 4.15. The molecule has 2 aromatic heterocycles. The fourth-order valence-electron chi connectivity index (χ4n) is 2.86. The molecule has 0 aliphatic carbocycles. The summed E-state index contributed by atoms with van der Waals surface area (Å²) in [4.78, 5) is 20.4. The van der Waals surface area contributed by atoms with Crippen molar-refractivity contribution in [2.75, 3.05) is 24.1 Å². The minimum atomic E-state index is -4.71. The van der Waals surface area contributed by atoms with E-state index in [1.165, 1.54) is 24.4 Å². The van der Waals surface area contributed by atoms with Gasteiger partial charge in [0.2, 0.25) is 5.78 Å². The van der Waals surface area contributed by atoms with E-state index in [0.717, 1.165) is 25.5 Å². The van der Waals surface area contributed by atoms with Crippen LogP contribution in [-0.2, 0) is 6.18 Å². The number of carbonyl (C=O) groups is 1. The molecular weight excluding hydrogens is 347 g/mol. The molecule has 0 amide bonds. The number of piperidine rings is 1. The summed E-state index contributed by atoms with van der Waals surface area (Å²) in [6.07, 6.45) is -1.52. The minimum Gasteiger partial charge on any atom is -0.383 e. The monoisotopic (exact) mass is 365 g/mol. The molecule has 0 radical (unpaired) electrons. The van der Waals surface area contributed by atoms with Crippen LogP contribution in [-0.4, -0.2) is 34.9 Å². The van der Waals surface area contributed by atoms with Crippen LogP contribution < -0.4 is 16.4 Å². The number of rotatable bonds is 4. The molecule has 4 N–H and O–H groups in total. The van der Waals surface area contributed by atoms with Crippen LogP contribution >= 0.6 is 0 Å². The van der Waals surface area contributed by atoms with Crippen molar-refractivity contribution in [3.63, 3.8) is 0 Å². The van der Waals surface area contributed by atoms with Crippen LogP contribution in [0.1, 0.15) is 34.5 Å². The second-order valence-electron chi connectivity index (χ2n) is 6.04. The summed E-state index contributed by atoms with van der Waals surface area (Å²) in [5.74, 6) is -0.826. The summed E-state index contributed by atoms with van der Waals surface area (Å²) in [6, 6.07) is 4.91. The Balaban J connectivity index is 1.98. The first-order valence-electron chi connectivity index (χ1n) is 8.17. The van der Waals surface area contributed by atoms with E-state index >= 15 is 0 Å². The Morgan fingerprint density at radius 2 is 2.12 bits per heavy atom. The second kappa shape index (κ2) is 7.28. The van der Waals surface area contributed by atoms with Crippen LogP contribution in [0.4, 0.5) is 24.8 Å². The highest BCUT2D eigenvalue weighted by molar-refractivity contribution is 6.11. The van der Waals surface area contributed by atoms with E-state index in [4.69, 9.17) is 5.73 Å². The molecule has 3 rings (SSSR count). The highest BCUT2D eigenvalue weighted by Gasteiger charge is 2.37. The Morgan fingerprint density at radius 1 is 1.31 bits per heavy atom. The fourth-order valence-corrected chi connectivity index (χ4v) is 2.86. The number of aromatic nitrogens is 2. The van der Waals surface area contributed by atoms with Crippen LogP contribution in [0.25, 0.3) is 0 Å². The SMILES string of the molecule is Nc1ncccc1C(=O)c1nc(NC2CCCNC2)ccc1C(F)(F)F. The molecule has 1 aliphatic rings. The van der Waals surface area contributed by atoms with Gasteiger partial charge in [-0.1, -0.05) is 0 Å². The van der Waals surface area contributed by atoms with Gasteiger partial charge in [-0.3, -0.25) is 4.79 Å². The molecule has 0 spiro atoms. The van der Waals surface area contributed by atoms with Crippen LogP contribution in [0.5, 0.6) is 0 Å². The lowest BCUT2D eigenvalue weighted by molar-refractivity contribution is -0.138. The van der Waals surface area contributed by atoms with Gasteiger partial charge in [-0.15, -0.1) is 0 Å². The minimum absolute atomic E-state index is 0.0411. The van der Waals surface area contributed by atoms with Crippen molar-refractivity contribution in [1.29, 1.82) is 0 Å². The fraction of sp³-hybridized carbons (Fsp3) is 0.353. The van der Waals surface area contributed by atoms with Crippen LogP contribution in [0.2, 0.25) is 0 Å². The quantitative estimate of drug-likeness (QED) is 0.721. The average Bonchev–Trinajstić information content (AvgIpc) is 2.61. The van der Waals surface area contributed by atoms with Gasteiger partial charge in [-0.05, 0) is 43.7 Å². The topological polar surface area (TPSA) is 92.9 Å². The number of alkyl halides is 3. The number of nitrogen functional groups attached to an aromatic ring is 1. The third kappa shape index (κ3) is 3.93. The predicted molar refractivity (Wildman–Crippen MR) is 90.8 cm³/mol. The van der Waals surface area contributed by atoms with Crippen LogP contribution in [0.3, 0.4) is 0 Å². The summed E-state index contributed by atoms with van der Waals surface area (Å²) >= 11 is 0. The number of anilines is 2. The molecule has 9 heteroatoms. The van der Waals surface area contributed by atoms with Gasteiger partial charge in [0.15, 0.2) is 0 Å². The van der Waals surface area contributed by atoms with Crippen molar-refractivity contribution >= 4 is 17.4 Å². The first kappa shape index (κ1) is 18.1. The van der Waals surface area contributed by atoms with Gasteiger partial charge in [0.05, 0.1) is 11.1 Å². The number of carbonyl (C=O) groups excluding carboxylic acids is 1. The maximum atomic E-state index is 13.3. The molecule has 1 saturated heterocycles. The van der Waals surface area contributed by atoms with Gasteiger partial charge < -0.3 is 16.4 Å². The molecule has 1 aliphatic heterocycles. The number of hydrogen-bond acceptors (Lipinski definition) is 6. The molecular formula is C17H18F3N5O. The van der Waals surface area contributed by atoms with E-state index in [1.807, 2.05) is 0 Å². The summed E-state index contributed by atoms with van der Waals surface area (Å²) in [5, 5.41) is 6.28. The molecule has 3 heterocycles. The Morgan fingerprint density at radius 3 is 2.77 bits per heavy atom. The Labute approximate surface area is 148 Å². The molecule has 1 unspecified atom stereocenters. The normalized spacial score (nSPS) is 17.7. The highest BCUT2D eigenvalue weighted by Crippen LogP contribution is 2.33. The Bertz CT molecular complexity index is 803. The van der Waals surface area contributed by atoms with E-state index in [-0.39, 0.29) is 23.2 Å². The van der Waals surface area contributed by atoms with Crippen molar-refractivity contribution in [3.05, 3.63) is 47.3 Å². The number of halogens is 3. The summed E-state index contributed by atoms with van der Waals surface area (Å²) in [6.45, 7) is 1.59. The average molecular weight is 365 g/mol. The maximum Gasteiger partial charge on any atom is 0.418 e. The zero-order valence-corrected chi connectivity index (χ0v) is 13.8. The van der Waals surface area contributed by atoms with Gasteiger partial charge in [0, 0.05) is 18.8 Å². The zero-order valence-electron chi connectivity index (χ0n) is 13.8. The molecule has 0 aromatic carbocycles. The largest absolute Gasteiger partial charge is 0.418 e. The lowest BCUT2D eigenvalue weighted by Crippen LogP contribution is -2.38. The molecule has 0 saturated carbocycles. The first-order chi connectivity index (χ1) is 12.4. The van der Waals surface area contributed by atoms with E-state index in [0.29, 0.717) is 6.54 Å². The van der Waals surface area contributed by atoms with Crippen molar-refractivity contribution in [3.8, 4) is 0 Å².